The van der Waals surface area contributed by atoms with Crippen molar-refractivity contribution in [1.29, 1.82) is 5.26 Å². The van der Waals surface area contributed by atoms with Crippen LogP contribution in [-0.2, 0) is 7.05 Å². The van der Waals surface area contributed by atoms with Crippen LogP contribution in [0.5, 0.6) is 0 Å². The molecule has 4 aromatic rings. The summed E-state index contributed by atoms with van der Waals surface area (Å²) in [6, 6.07) is 6.16. The van der Waals surface area contributed by atoms with Crippen LogP contribution in [0.3, 0.4) is 0 Å². The van der Waals surface area contributed by atoms with E-state index in [0.717, 1.165) is 30.9 Å². The molecule has 0 unspecified atom stereocenters. The topological polar surface area (TPSA) is 111 Å². The normalized spacial score (nSPS) is 17.6. The number of carbonyl (C=O) groups excluding carboxylic acids is 1. The quantitative estimate of drug-likeness (QED) is 0.380. The zero-order chi connectivity index (χ0) is 25.4. The van der Waals surface area contributed by atoms with Crippen LogP contribution < -0.4 is 10.6 Å². The van der Waals surface area contributed by atoms with Crippen LogP contribution in [0.4, 0.5) is 14.6 Å². The van der Waals surface area contributed by atoms with Crippen LogP contribution in [0.1, 0.15) is 47.3 Å². The molecule has 3 N–H and O–H groups in total. The van der Waals surface area contributed by atoms with E-state index in [4.69, 9.17) is 0 Å². The Balaban J connectivity index is 1.39. The summed E-state index contributed by atoms with van der Waals surface area (Å²) in [5.41, 5.74) is 2.23. The van der Waals surface area contributed by atoms with E-state index in [1.165, 1.54) is 6.07 Å². The molecule has 0 aliphatic heterocycles. The van der Waals surface area contributed by atoms with Crippen molar-refractivity contribution >= 4 is 22.6 Å². The summed E-state index contributed by atoms with van der Waals surface area (Å²) in [5, 5.41) is 16.4. The van der Waals surface area contributed by atoms with Gasteiger partial charge in [0.2, 0.25) is 0 Å². The Labute approximate surface area is 206 Å². The van der Waals surface area contributed by atoms with E-state index < -0.39 is 11.6 Å². The highest BCUT2D eigenvalue weighted by Gasteiger charge is 2.26. The first-order valence-corrected chi connectivity index (χ1v) is 11.8. The minimum Gasteiger partial charge on any atom is -0.365 e. The number of hydrogen-bond acceptors (Lipinski definition) is 5. The summed E-state index contributed by atoms with van der Waals surface area (Å²) < 4.78 is 31.1. The molecule has 0 spiro atoms. The Bertz CT molecular complexity index is 1500. The molecule has 1 aromatic carbocycles. The van der Waals surface area contributed by atoms with Crippen molar-refractivity contribution in [2.75, 3.05) is 5.32 Å². The van der Waals surface area contributed by atoms with Crippen LogP contribution in [0.2, 0.25) is 0 Å². The summed E-state index contributed by atoms with van der Waals surface area (Å²) in [6.07, 6.45) is 7.84. The molecule has 1 amide bonds. The number of pyridine rings is 1. The molecule has 1 aliphatic carbocycles. The first-order valence-electron chi connectivity index (χ1n) is 11.8. The standard InChI is InChI=1S/C26H25F2N7O/c1-14-6-18-19(11-30-24(18)20(27)7-14)23-15(10-29)8-21(28)25(34-23)32-16-4-3-5-17(9-16)33-26(36)22-12-35(2)13-31-22/h6-8,11-13,16-17,30H,3-5,9H2,1-2H3,(H,32,34)(H,33,36)/t16-,17+/m0/s1. The average molecular weight is 490 g/mol. The number of H-pyrrole nitrogens is 1. The van der Waals surface area contributed by atoms with Crippen LogP contribution in [0.25, 0.3) is 22.2 Å². The van der Waals surface area contributed by atoms with E-state index in [-0.39, 0.29) is 35.1 Å². The third-order valence-electron chi connectivity index (χ3n) is 6.52. The summed E-state index contributed by atoms with van der Waals surface area (Å²) in [7, 11) is 1.80. The molecule has 0 saturated heterocycles. The Morgan fingerprint density at radius 2 is 2.03 bits per heavy atom. The molecule has 36 heavy (non-hydrogen) atoms. The molecular formula is C26H25F2N7O. The fraction of sp³-hybridized carbons (Fsp3) is 0.308. The Morgan fingerprint density at radius 1 is 1.22 bits per heavy atom. The number of rotatable bonds is 5. The van der Waals surface area contributed by atoms with Gasteiger partial charge in [0.25, 0.3) is 5.91 Å². The average Bonchev–Trinajstić information content (AvgIpc) is 3.47. The third kappa shape index (κ3) is 4.52. The Hall–Kier alpha value is -4.26. The monoisotopic (exact) mass is 489 g/mol. The summed E-state index contributed by atoms with van der Waals surface area (Å²) in [5.74, 6) is -1.27. The van der Waals surface area contributed by atoms with E-state index in [1.807, 2.05) is 6.07 Å². The lowest BCUT2D eigenvalue weighted by Crippen LogP contribution is -2.42. The van der Waals surface area contributed by atoms with Gasteiger partial charge < -0.3 is 20.2 Å². The van der Waals surface area contributed by atoms with E-state index in [9.17, 15) is 18.8 Å². The molecule has 3 heterocycles. The Kier molecular flexibility index (Phi) is 6.14. The molecule has 0 radical (unpaired) electrons. The van der Waals surface area contributed by atoms with Crippen LogP contribution >= 0.6 is 0 Å². The van der Waals surface area contributed by atoms with E-state index >= 15 is 0 Å². The number of aromatic nitrogens is 4. The zero-order valence-electron chi connectivity index (χ0n) is 19.9. The second-order valence-electron chi connectivity index (χ2n) is 9.30. The number of aromatic amines is 1. The number of amides is 1. The van der Waals surface area contributed by atoms with Gasteiger partial charge in [-0.05, 0) is 56.4 Å². The maximum absolute atomic E-state index is 15.0. The number of imidazole rings is 1. The number of aryl methyl sites for hydroxylation is 2. The predicted octanol–water partition coefficient (Wildman–Crippen LogP) is 4.57. The molecule has 10 heteroatoms. The number of nitrogens with one attached hydrogen (secondary N) is 3. The van der Waals surface area contributed by atoms with E-state index in [0.29, 0.717) is 28.6 Å². The van der Waals surface area contributed by atoms with Gasteiger partial charge in [-0.2, -0.15) is 5.26 Å². The van der Waals surface area contributed by atoms with Gasteiger partial charge in [-0.3, -0.25) is 4.79 Å². The molecule has 0 bridgehead atoms. The number of halogens is 2. The van der Waals surface area contributed by atoms with Gasteiger partial charge in [0.05, 0.1) is 23.1 Å². The summed E-state index contributed by atoms with van der Waals surface area (Å²) in [6.45, 7) is 1.78. The van der Waals surface area contributed by atoms with Crippen molar-refractivity contribution in [2.45, 2.75) is 44.7 Å². The lowest BCUT2D eigenvalue weighted by atomic mass is 9.90. The Morgan fingerprint density at radius 3 is 2.78 bits per heavy atom. The largest absolute Gasteiger partial charge is 0.365 e. The molecule has 5 rings (SSSR count). The van der Waals surface area contributed by atoms with Crippen molar-refractivity contribution in [3.05, 3.63) is 65.4 Å². The van der Waals surface area contributed by atoms with Crippen LogP contribution in [-0.4, -0.2) is 37.5 Å². The highest BCUT2D eigenvalue weighted by Crippen LogP contribution is 2.34. The SMILES string of the molecule is Cc1cc(F)c2[nH]cc(-c3nc(N[C@H]4CCC[C@@H](NC(=O)c5cn(C)cn5)C4)c(F)cc3C#N)c2c1. The lowest BCUT2D eigenvalue weighted by molar-refractivity contribution is 0.0921. The molecule has 1 aliphatic rings. The fourth-order valence-corrected chi connectivity index (χ4v) is 4.83. The predicted molar refractivity (Wildman–Crippen MR) is 131 cm³/mol. The number of nitrogens with zero attached hydrogens (tertiary/aromatic N) is 4. The highest BCUT2D eigenvalue weighted by molar-refractivity contribution is 5.96. The van der Waals surface area contributed by atoms with E-state index in [1.54, 1.807) is 43.3 Å². The van der Waals surface area contributed by atoms with Crippen molar-refractivity contribution in [3.63, 3.8) is 0 Å². The number of carbonyl (C=O) groups is 1. The smallest absolute Gasteiger partial charge is 0.271 e. The van der Waals surface area contributed by atoms with Crippen LogP contribution in [0.15, 0.2) is 36.9 Å². The molecule has 3 aromatic heterocycles. The first kappa shape index (κ1) is 23.5. The molecule has 1 fully saturated rings. The molecule has 1 saturated carbocycles. The van der Waals surface area contributed by atoms with Gasteiger partial charge in [0.1, 0.15) is 17.6 Å². The minimum absolute atomic E-state index is 0.0215. The molecule has 8 nitrogen and oxygen atoms in total. The van der Waals surface area contributed by atoms with Gasteiger partial charge in [0.15, 0.2) is 11.6 Å². The number of fused-ring (bicyclic) bond motifs is 1. The number of anilines is 1. The third-order valence-corrected chi connectivity index (χ3v) is 6.52. The first-order chi connectivity index (χ1) is 17.3. The zero-order valence-corrected chi connectivity index (χ0v) is 19.9. The second-order valence-corrected chi connectivity index (χ2v) is 9.30. The summed E-state index contributed by atoms with van der Waals surface area (Å²) >= 11 is 0. The minimum atomic E-state index is -0.642. The van der Waals surface area contributed by atoms with E-state index in [2.05, 4.69) is 25.6 Å². The van der Waals surface area contributed by atoms with Crippen molar-refractivity contribution in [1.82, 2.24) is 24.8 Å². The molecular weight excluding hydrogens is 464 g/mol. The molecule has 184 valence electrons. The second kappa shape index (κ2) is 9.41. The number of nitriles is 1. The maximum atomic E-state index is 15.0. The van der Waals surface area contributed by atoms with Gasteiger partial charge >= 0.3 is 0 Å². The van der Waals surface area contributed by atoms with Crippen molar-refractivity contribution in [2.24, 2.45) is 7.05 Å². The highest BCUT2D eigenvalue weighted by atomic mass is 19.1. The lowest BCUT2D eigenvalue weighted by Gasteiger charge is -2.30. The number of benzene rings is 1. The fourth-order valence-electron chi connectivity index (χ4n) is 4.83. The van der Waals surface area contributed by atoms with Gasteiger partial charge in [-0.25, -0.2) is 18.7 Å². The maximum Gasteiger partial charge on any atom is 0.271 e. The number of hydrogen-bond donors (Lipinski definition) is 3. The van der Waals surface area contributed by atoms with Crippen LogP contribution in [0, 0.1) is 29.9 Å². The summed E-state index contributed by atoms with van der Waals surface area (Å²) in [4.78, 5) is 24.0. The van der Waals surface area contributed by atoms with Crippen molar-refractivity contribution in [3.8, 4) is 17.3 Å². The molecule has 2 atom stereocenters. The van der Waals surface area contributed by atoms with Gasteiger partial charge in [0, 0.05) is 42.5 Å². The van der Waals surface area contributed by atoms with Gasteiger partial charge in [-0.15, -0.1) is 0 Å². The van der Waals surface area contributed by atoms with Gasteiger partial charge in [-0.1, -0.05) is 0 Å². The van der Waals surface area contributed by atoms with Crippen molar-refractivity contribution < 1.29 is 13.6 Å².